The molecular weight excluding hydrogens is 372 g/mol. The summed E-state index contributed by atoms with van der Waals surface area (Å²) >= 11 is 0. The van der Waals surface area contributed by atoms with E-state index in [0.717, 1.165) is 32.5 Å². The minimum atomic E-state index is -1.02. The monoisotopic (exact) mass is 406 g/mol. The van der Waals surface area contributed by atoms with E-state index in [-0.39, 0.29) is 18.1 Å². The summed E-state index contributed by atoms with van der Waals surface area (Å²) in [6, 6.07) is 0.0904. The predicted molar refractivity (Wildman–Crippen MR) is 106 cm³/mol. The molecule has 162 valence electrons. The average Bonchev–Trinajstić information content (AvgIpc) is 3.19. The van der Waals surface area contributed by atoms with Gasteiger partial charge >= 0.3 is 0 Å². The molecule has 2 heterocycles. The molecule has 1 aromatic heterocycles. The van der Waals surface area contributed by atoms with E-state index in [2.05, 4.69) is 10.3 Å². The van der Waals surface area contributed by atoms with Gasteiger partial charge in [0.2, 0.25) is 5.91 Å². The number of hydrogen-bond acceptors (Lipinski definition) is 6. The van der Waals surface area contributed by atoms with E-state index in [9.17, 15) is 9.90 Å². The first-order valence-electron chi connectivity index (χ1n) is 10.9. The van der Waals surface area contributed by atoms with Gasteiger partial charge < -0.3 is 19.5 Å². The van der Waals surface area contributed by atoms with Gasteiger partial charge in [0.15, 0.2) is 0 Å². The number of carbonyl (C=O) groups excluding carboxylic acids is 1. The van der Waals surface area contributed by atoms with E-state index in [1.165, 1.54) is 12.8 Å². The topological polar surface area (TPSA) is 89.7 Å². The fourth-order valence-corrected chi connectivity index (χ4v) is 4.66. The Balaban J connectivity index is 1.47. The molecule has 8 heteroatoms. The molecule has 1 saturated heterocycles. The highest BCUT2D eigenvalue weighted by atomic mass is 16.5. The van der Waals surface area contributed by atoms with Crippen LogP contribution >= 0.6 is 0 Å². The molecule has 29 heavy (non-hydrogen) atoms. The Hall–Kier alpha value is -1.51. The Labute approximate surface area is 172 Å². The second-order valence-corrected chi connectivity index (χ2v) is 9.56. The number of carbonyl (C=O) groups is 1. The van der Waals surface area contributed by atoms with Crippen molar-refractivity contribution in [2.24, 2.45) is 17.8 Å². The summed E-state index contributed by atoms with van der Waals surface area (Å²) in [5, 5.41) is 18.8. The van der Waals surface area contributed by atoms with Gasteiger partial charge in [-0.3, -0.25) is 4.79 Å². The molecule has 1 amide bonds. The zero-order chi connectivity index (χ0) is 20.6. The second-order valence-electron chi connectivity index (χ2n) is 9.56. The molecule has 1 aromatic rings. The van der Waals surface area contributed by atoms with Gasteiger partial charge in [-0.15, -0.1) is 5.10 Å². The van der Waals surface area contributed by atoms with Crippen molar-refractivity contribution in [3.8, 4) is 0 Å². The van der Waals surface area contributed by atoms with Crippen molar-refractivity contribution in [2.45, 2.75) is 63.7 Å². The molecular formula is C21H34N4O4. The number of aromatic nitrogens is 3. The fraction of sp³-hybridized carbons (Fsp3) is 0.857. The van der Waals surface area contributed by atoms with Gasteiger partial charge in [0.05, 0.1) is 31.4 Å². The molecule has 0 spiro atoms. The van der Waals surface area contributed by atoms with E-state index in [4.69, 9.17) is 9.47 Å². The van der Waals surface area contributed by atoms with Crippen molar-refractivity contribution in [2.75, 3.05) is 33.4 Å². The molecule has 4 rings (SSSR count). The van der Waals surface area contributed by atoms with Crippen LogP contribution in [0.3, 0.4) is 0 Å². The van der Waals surface area contributed by atoms with E-state index in [1.54, 1.807) is 21.0 Å². The Morgan fingerprint density at radius 1 is 1.28 bits per heavy atom. The Morgan fingerprint density at radius 2 is 2.00 bits per heavy atom. The van der Waals surface area contributed by atoms with Crippen LogP contribution in [-0.4, -0.2) is 70.4 Å². The number of amides is 1. The number of nitrogens with zero attached hydrogens (tertiary/aromatic N) is 4. The van der Waals surface area contributed by atoms with Gasteiger partial charge in [-0.2, -0.15) is 0 Å². The molecule has 3 fully saturated rings. The van der Waals surface area contributed by atoms with E-state index in [0.29, 0.717) is 36.5 Å². The van der Waals surface area contributed by atoms with Crippen molar-refractivity contribution < 1.29 is 19.4 Å². The number of hydrogen-bond donors (Lipinski definition) is 1. The lowest BCUT2D eigenvalue weighted by molar-refractivity contribution is -0.131. The van der Waals surface area contributed by atoms with Crippen LogP contribution in [0.25, 0.3) is 0 Å². The number of fused-ring (bicyclic) bond motifs is 1. The number of rotatable bonds is 8. The number of ether oxygens (including phenoxy) is 2. The third kappa shape index (κ3) is 4.81. The minimum absolute atomic E-state index is 0.0715. The smallest absolute Gasteiger partial charge is 0.224 e. The quantitative estimate of drug-likeness (QED) is 0.707. The highest BCUT2D eigenvalue weighted by Crippen LogP contribution is 2.43. The highest BCUT2D eigenvalue weighted by Gasteiger charge is 2.45. The summed E-state index contributed by atoms with van der Waals surface area (Å²) in [5.74, 6) is 1.80. The lowest BCUT2D eigenvalue weighted by Crippen LogP contribution is -2.38. The van der Waals surface area contributed by atoms with Crippen LogP contribution in [0.2, 0.25) is 0 Å². The van der Waals surface area contributed by atoms with Gasteiger partial charge in [0.1, 0.15) is 11.3 Å². The van der Waals surface area contributed by atoms with Crippen molar-refractivity contribution >= 4 is 5.91 Å². The van der Waals surface area contributed by atoms with Crippen molar-refractivity contribution in [3.63, 3.8) is 0 Å². The molecule has 3 aliphatic rings. The molecule has 0 aromatic carbocycles. The Bertz CT molecular complexity index is 712. The van der Waals surface area contributed by atoms with Crippen LogP contribution in [0.4, 0.5) is 0 Å². The number of methoxy groups -OCH3 is 1. The fourth-order valence-electron chi connectivity index (χ4n) is 4.66. The molecule has 4 atom stereocenters. The normalized spacial score (nSPS) is 29.9. The largest absolute Gasteiger partial charge is 0.384 e. The average molecular weight is 407 g/mol. The van der Waals surface area contributed by atoms with Gasteiger partial charge in [-0.1, -0.05) is 5.21 Å². The molecule has 0 radical (unpaired) electrons. The van der Waals surface area contributed by atoms with Crippen molar-refractivity contribution in [3.05, 3.63) is 11.9 Å². The maximum absolute atomic E-state index is 12.5. The Kier molecular flexibility index (Phi) is 5.95. The molecule has 2 aliphatic carbocycles. The van der Waals surface area contributed by atoms with Crippen LogP contribution in [0, 0.1) is 17.8 Å². The molecule has 0 unspecified atom stereocenters. The summed E-state index contributed by atoms with van der Waals surface area (Å²) < 4.78 is 13.3. The predicted octanol–water partition coefficient (Wildman–Crippen LogP) is 1.75. The van der Waals surface area contributed by atoms with Crippen molar-refractivity contribution in [1.82, 2.24) is 19.9 Å². The SMILES string of the molecule is COCCC(=O)N1C[C@H]2C[C@@H](n3cc(C(C)(C)O)nn3)[C@H](OCC3CC3)C[C@H]2C1. The maximum atomic E-state index is 12.5. The Morgan fingerprint density at radius 3 is 2.62 bits per heavy atom. The third-order valence-electron chi connectivity index (χ3n) is 6.68. The standard InChI is InChI=1S/C21H34N4O4/c1-21(2,27)19-12-25(23-22-19)17-8-15-10-24(20(26)6-7-28-3)11-16(15)9-18(17)29-13-14-4-5-14/h12,14-18,27H,4-11,13H2,1-3H3/t15-,16+,17-,18-/m1/s1. The first-order chi connectivity index (χ1) is 13.8. The van der Waals surface area contributed by atoms with E-state index in [1.807, 2.05) is 15.8 Å². The van der Waals surface area contributed by atoms with Gasteiger partial charge in [-0.05, 0) is 57.3 Å². The molecule has 8 nitrogen and oxygen atoms in total. The summed E-state index contributed by atoms with van der Waals surface area (Å²) in [5.41, 5.74) is -0.444. The van der Waals surface area contributed by atoms with Crippen LogP contribution in [0.5, 0.6) is 0 Å². The minimum Gasteiger partial charge on any atom is -0.384 e. The zero-order valence-corrected chi connectivity index (χ0v) is 17.8. The van der Waals surface area contributed by atoms with Gasteiger partial charge in [-0.25, -0.2) is 4.68 Å². The maximum Gasteiger partial charge on any atom is 0.224 e. The van der Waals surface area contributed by atoms with Crippen LogP contribution in [-0.2, 0) is 19.9 Å². The first kappa shape index (κ1) is 20.8. The van der Waals surface area contributed by atoms with Gasteiger partial charge in [0, 0.05) is 26.8 Å². The second kappa shape index (κ2) is 8.32. The molecule has 1 N–H and O–H groups in total. The van der Waals surface area contributed by atoms with Crippen LogP contribution in [0.15, 0.2) is 6.20 Å². The van der Waals surface area contributed by atoms with E-state index < -0.39 is 5.60 Å². The zero-order valence-electron chi connectivity index (χ0n) is 17.8. The molecule has 0 bridgehead atoms. The van der Waals surface area contributed by atoms with Gasteiger partial charge in [0.25, 0.3) is 0 Å². The third-order valence-corrected chi connectivity index (χ3v) is 6.68. The summed E-state index contributed by atoms with van der Waals surface area (Å²) in [6.45, 7) is 6.34. The van der Waals surface area contributed by atoms with Crippen LogP contribution < -0.4 is 0 Å². The highest BCUT2D eigenvalue weighted by molar-refractivity contribution is 5.76. The first-order valence-corrected chi connectivity index (χ1v) is 10.9. The molecule has 1 aliphatic heterocycles. The number of aliphatic hydroxyl groups is 1. The van der Waals surface area contributed by atoms with E-state index >= 15 is 0 Å². The summed E-state index contributed by atoms with van der Waals surface area (Å²) in [4.78, 5) is 14.5. The van der Waals surface area contributed by atoms with Crippen molar-refractivity contribution in [1.29, 1.82) is 0 Å². The lowest BCUT2D eigenvalue weighted by atomic mass is 9.77. The molecule has 2 saturated carbocycles. The summed E-state index contributed by atoms with van der Waals surface area (Å²) in [6.07, 6.45) is 6.75. The lowest BCUT2D eigenvalue weighted by Gasteiger charge is -2.37. The number of likely N-dealkylation sites (tertiary alicyclic amines) is 1. The summed E-state index contributed by atoms with van der Waals surface area (Å²) in [7, 11) is 1.63. The van der Waals surface area contributed by atoms with Crippen LogP contribution in [0.1, 0.15) is 57.7 Å².